The quantitative estimate of drug-likeness (QED) is 0.897. The van der Waals surface area contributed by atoms with Crippen LogP contribution in [0.2, 0.25) is 0 Å². The smallest absolute Gasteiger partial charge is 0.248 e. The highest BCUT2D eigenvalue weighted by Crippen LogP contribution is 2.22. The molecule has 0 spiro atoms. The van der Waals surface area contributed by atoms with Gasteiger partial charge in [0, 0.05) is 19.6 Å². The first-order chi connectivity index (χ1) is 10.2. The van der Waals surface area contributed by atoms with Gasteiger partial charge in [0.1, 0.15) is 12.7 Å². The summed E-state index contributed by atoms with van der Waals surface area (Å²) in [5.74, 6) is 0.0485. The second-order valence-corrected chi connectivity index (χ2v) is 5.95. The van der Waals surface area contributed by atoms with E-state index >= 15 is 0 Å². The van der Waals surface area contributed by atoms with Gasteiger partial charge >= 0.3 is 0 Å². The van der Waals surface area contributed by atoms with Crippen LogP contribution in [0.1, 0.15) is 18.6 Å². The molecular weight excluding hydrogens is 268 g/mol. The molecule has 5 heteroatoms. The van der Waals surface area contributed by atoms with Gasteiger partial charge < -0.3 is 19.7 Å². The summed E-state index contributed by atoms with van der Waals surface area (Å²) in [7, 11) is 0. The summed E-state index contributed by atoms with van der Waals surface area (Å²) in [5.41, 5.74) is 0.937. The van der Waals surface area contributed by atoms with Gasteiger partial charge in [0.25, 0.3) is 0 Å². The largest absolute Gasteiger partial charge is 0.370 e. The minimum absolute atomic E-state index is 0.0372. The van der Waals surface area contributed by atoms with Crippen LogP contribution in [0.15, 0.2) is 30.3 Å². The van der Waals surface area contributed by atoms with E-state index in [0.29, 0.717) is 19.7 Å². The lowest BCUT2D eigenvalue weighted by Crippen LogP contribution is -2.60. The molecule has 0 aromatic heterocycles. The van der Waals surface area contributed by atoms with Gasteiger partial charge in [-0.1, -0.05) is 30.3 Å². The van der Waals surface area contributed by atoms with Crippen LogP contribution in [0.25, 0.3) is 0 Å². The lowest BCUT2D eigenvalue weighted by molar-refractivity contribution is -0.152. The first kappa shape index (κ1) is 14.5. The lowest BCUT2D eigenvalue weighted by Gasteiger charge is -2.40. The number of rotatable bonds is 4. The Morgan fingerprint density at radius 3 is 2.86 bits per heavy atom. The van der Waals surface area contributed by atoms with Crippen LogP contribution in [0.5, 0.6) is 0 Å². The van der Waals surface area contributed by atoms with E-state index in [-0.39, 0.29) is 24.2 Å². The summed E-state index contributed by atoms with van der Waals surface area (Å²) in [6, 6.07) is 10.0. The molecule has 1 unspecified atom stereocenters. The fourth-order valence-electron chi connectivity index (χ4n) is 2.65. The molecule has 2 fully saturated rings. The molecule has 2 aliphatic rings. The van der Waals surface area contributed by atoms with Crippen LogP contribution in [0.4, 0.5) is 0 Å². The minimum atomic E-state index is -0.180. The fourth-order valence-corrected chi connectivity index (χ4v) is 2.65. The zero-order valence-corrected chi connectivity index (χ0v) is 12.4. The molecule has 2 aliphatic heterocycles. The molecule has 114 valence electrons. The molecule has 1 aromatic rings. The summed E-state index contributed by atoms with van der Waals surface area (Å²) in [6.07, 6.45) is -0.0372. The van der Waals surface area contributed by atoms with Gasteiger partial charge in [-0.3, -0.25) is 4.79 Å². The molecule has 0 radical (unpaired) electrons. The van der Waals surface area contributed by atoms with Crippen LogP contribution in [0.3, 0.4) is 0 Å². The van der Waals surface area contributed by atoms with Crippen molar-refractivity contribution < 1.29 is 14.3 Å². The molecule has 5 nitrogen and oxygen atoms in total. The molecule has 0 aliphatic carbocycles. The van der Waals surface area contributed by atoms with Gasteiger partial charge in [-0.05, 0) is 12.5 Å². The maximum Gasteiger partial charge on any atom is 0.248 e. The predicted molar refractivity (Wildman–Crippen MR) is 78.9 cm³/mol. The number of nitrogens with one attached hydrogen (secondary N) is 1. The molecule has 1 aromatic carbocycles. The van der Waals surface area contributed by atoms with Crippen LogP contribution < -0.4 is 5.32 Å². The number of amides is 1. The normalized spacial score (nSPS) is 24.4. The summed E-state index contributed by atoms with van der Waals surface area (Å²) in [6.45, 7) is 5.63. The van der Waals surface area contributed by atoms with E-state index in [1.807, 2.05) is 42.2 Å². The molecule has 21 heavy (non-hydrogen) atoms. The van der Waals surface area contributed by atoms with E-state index in [1.165, 1.54) is 0 Å². The number of nitrogens with zero attached hydrogens (tertiary/aromatic N) is 1. The maximum atomic E-state index is 12.3. The van der Waals surface area contributed by atoms with Crippen molar-refractivity contribution >= 4 is 5.91 Å². The molecule has 0 saturated carbocycles. The van der Waals surface area contributed by atoms with Crippen molar-refractivity contribution in [2.75, 3.05) is 39.4 Å². The Bertz CT molecular complexity index is 488. The molecule has 1 atom stereocenters. The maximum absolute atomic E-state index is 12.3. The van der Waals surface area contributed by atoms with Gasteiger partial charge in [-0.15, -0.1) is 0 Å². The molecule has 2 saturated heterocycles. The first-order valence-corrected chi connectivity index (χ1v) is 7.45. The van der Waals surface area contributed by atoms with Gasteiger partial charge in [-0.25, -0.2) is 0 Å². The number of hydrogen-bond donors (Lipinski definition) is 1. The van der Waals surface area contributed by atoms with Crippen LogP contribution in [-0.2, 0) is 14.3 Å². The van der Waals surface area contributed by atoms with Crippen molar-refractivity contribution in [2.24, 2.45) is 0 Å². The Hall–Kier alpha value is -1.43. The van der Waals surface area contributed by atoms with Gasteiger partial charge in [0.05, 0.1) is 18.8 Å². The van der Waals surface area contributed by atoms with Crippen molar-refractivity contribution in [1.29, 1.82) is 0 Å². The number of ether oxygens (including phenoxy) is 2. The average Bonchev–Trinajstić information content (AvgIpc) is 2.52. The van der Waals surface area contributed by atoms with E-state index in [0.717, 1.165) is 18.7 Å². The second kappa shape index (κ2) is 6.13. The predicted octanol–water partition coefficient (Wildman–Crippen LogP) is 0.965. The Morgan fingerprint density at radius 2 is 2.19 bits per heavy atom. The van der Waals surface area contributed by atoms with Gasteiger partial charge in [0.15, 0.2) is 0 Å². The number of hydrogen-bond acceptors (Lipinski definition) is 4. The van der Waals surface area contributed by atoms with E-state index in [9.17, 15) is 4.79 Å². The first-order valence-electron chi connectivity index (χ1n) is 7.45. The molecule has 1 amide bonds. The minimum Gasteiger partial charge on any atom is -0.370 e. The van der Waals surface area contributed by atoms with E-state index in [1.54, 1.807) is 0 Å². The summed E-state index contributed by atoms with van der Waals surface area (Å²) < 4.78 is 11.5. The van der Waals surface area contributed by atoms with E-state index in [2.05, 4.69) is 5.32 Å². The van der Waals surface area contributed by atoms with E-state index in [4.69, 9.17) is 9.47 Å². The highest BCUT2D eigenvalue weighted by atomic mass is 16.5. The Morgan fingerprint density at radius 1 is 1.43 bits per heavy atom. The SMILES string of the molecule is CC1(OCC(=O)N2CCOC(c3ccccc3)C2)CNC1. The van der Waals surface area contributed by atoms with Gasteiger partial charge in [-0.2, -0.15) is 0 Å². The summed E-state index contributed by atoms with van der Waals surface area (Å²) in [5, 5.41) is 3.16. The molecule has 1 N–H and O–H groups in total. The summed E-state index contributed by atoms with van der Waals surface area (Å²) >= 11 is 0. The standard InChI is InChI=1S/C16H22N2O3/c1-16(11-17-12-16)21-10-15(19)18-7-8-20-14(9-18)13-5-3-2-4-6-13/h2-6,14,17H,7-12H2,1H3. The Kier molecular flexibility index (Phi) is 4.24. The monoisotopic (exact) mass is 290 g/mol. The fraction of sp³-hybridized carbons (Fsp3) is 0.562. The van der Waals surface area contributed by atoms with Gasteiger partial charge in [0.2, 0.25) is 5.91 Å². The zero-order valence-electron chi connectivity index (χ0n) is 12.4. The van der Waals surface area contributed by atoms with Crippen molar-refractivity contribution in [3.63, 3.8) is 0 Å². The number of carbonyl (C=O) groups is 1. The zero-order chi connectivity index (χ0) is 14.7. The Labute approximate surface area is 125 Å². The third kappa shape index (κ3) is 3.43. The molecule has 0 bridgehead atoms. The number of carbonyl (C=O) groups excluding carboxylic acids is 1. The Balaban J connectivity index is 1.54. The highest BCUT2D eigenvalue weighted by molar-refractivity contribution is 5.77. The topological polar surface area (TPSA) is 50.8 Å². The lowest BCUT2D eigenvalue weighted by atomic mass is 10.0. The molecule has 3 rings (SSSR count). The third-order valence-electron chi connectivity index (χ3n) is 4.13. The number of morpholine rings is 1. The van der Waals surface area contributed by atoms with Crippen LogP contribution >= 0.6 is 0 Å². The molecular formula is C16H22N2O3. The number of benzene rings is 1. The third-order valence-corrected chi connectivity index (χ3v) is 4.13. The van der Waals surface area contributed by atoms with Crippen molar-refractivity contribution in [1.82, 2.24) is 10.2 Å². The van der Waals surface area contributed by atoms with Crippen LogP contribution in [0, 0.1) is 0 Å². The summed E-state index contributed by atoms with van der Waals surface area (Å²) in [4.78, 5) is 14.1. The van der Waals surface area contributed by atoms with Crippen LogP contribution in [-0.4, -0.2) is 55.8 Å². The van der Waals surface area contributed by atoms with E-state index < -0.39 is 0 Å². The average molecular weight is 290 g/mol. The van der Waals surface area contributed by atoms with Crippen molar-refractivity contribution in [3.05, 3.63) is 35.9 Å². The van der Waals surface area contributed by atoms with Crippen molar-refractivity contribution in [2.45, 2.75) is 18.6 Å². The van der Waals surface area contributed by atoms with Crippen molar-refractivity contribution in [3.8, 4) is 0 Å². The second-order valence-electron chi connectivity index (χ2n) is 5.95. The highest BCUT2D eigenvalue weighted by Gasteiger charge is 2.34. The molecule has 2 heterocycles.